The highest BCUT2D eigenvalue weighted by atomic mass is 32.2. The summed E-state index contributed by atoms with van der Waals surface area (Å²) in [5.74, 6) is -0.129. The molecule has 5 heteroatoms. The second-order valence-electron chi connectivity index (χ2n) is 3.95. The predicted octanol–water partition coefficient (Wildman–Crippen LogP) is 2.00. The molecule has 4 nitrogen and oxygen atoms in total. The maximum Gasteiger partial charge on any atom is 0.237 e. The molecule has 2 atom stereocenters. The Hall–Kier alpha value is -1.51. The van der Waals surface area contributed by atoms with Crippen LogP contribution in [0, 0.1) is 11.3 Å². The zero-order valence-corrected chi connectivity index (χ0v) is 11.2. The normalized spacial score (nSPS) is 13.4. The minimum atomic E-state index is -0.252. The van der Waals surface area contributed by atoms with E-state index in [0.29, 0.717) is 11.3 Å². The fraction of sp³-hybridized carbons (Fsp3) is 0.385. The van der Waals surface area contributed by atoms with Crippen molar-refractivity contribution in [2.24, 2.45) is 0 Å². The lowest BCUT2D eigenvalue weighted by Gasteiger charge is -2.15. The molecule has 96 valence electrons. The van der Waals surface area contributed by atoms with Crippen molar-refractivity contribution in [2.45, 2.75) is 24.3 Å². The minimum Gasteiger partial charge on any atom is -0.395 e. The van der Waals surface area contributed by atoms with Crippen LogP contribution in [0.15, 0.2) is 24.3 Å². The van der Waals surface area contributed by atoms with Crippen molar-refractivity contribution in [2.75, 3.05) is 11.9 Å². The number of rotatable bonds is 5. The number of nitrogens with one attached hydrogen (secondary N) is 1. The fourth-order valence-corrected chi connectivity index (χ4v) is 2.33. The summed E-state index contributed by atoms with van der Waals surface area (Å²) in [6.07, 6.45) is 0. The number of carbonyl (C=O) groups excluding carboxylic acids is 1. The average molecular weight is 264 g/mol. The molecule has 0 aliphatic heterocycles. The molecule has 0 radical (unpaired) electrons. The van der Waals surface area contributed by atoms with Gasteiger partial charge in [0.2, 0.25) is 5.91 Å². The zero-order chi connectivity index (χ0) is 13.5. The number of aliphatic hydroxyl groups excluding tert-OH is 1. The number of hydrogen-bond donors (Lipinski definition) is 2. The number of nitrogens with zero attached hydrogens (tertiary/aromatic N) is 1. The summed E-state index contributed by atoms with van der Waals surface area (Å²) in [5.41, 5.74) is 1.12. The third kappa shape index (κ3) is 4.40. The molecular weight excluding hydrogens is 248 g/mol. The van der Waals surface area contributed by atoms with E-state index in [1.807, 2.05) is 13.0 Å². The molecule has 1 amide bonds. The molecule has 2 unspecified atom stereocenters. The molecular formula is C13H16N2O2S. The molecule has 1 aromatic carbocycles. The quantitative estimate of drug-likeness (QED) is 0.853. The zero-order valence-electron chi connectivity index (χ0n) is 10.4. The number of carbonyl (C=O) groups is 1. The standard InChI is InChI=1S/C13H16N2O2S/c1-9(8-16)18-10(2)13(17)15-12-5-3-4-11(6-12)7-14/h3-6,9-10,16H,8H2,1-2H3,(H,15,17). The Morgan fingerprint density at radius 3 is 2.89 bits per heavy atom. The molecule has 0 aliphatic rings. The molecule has 0 fully saturated rings. The second kappa shape index (κ2) is 7.04. The Balaban J connectivity index is 2.61. The van der Waals surface area contributed by atoms with Crippen molar-refractivity contribution in [3.05, 3.63) is 29.8 Å². The van der Waals surface area contributed by atoms with Gasteiger partial charge in [0.1, 0.15) is 0 Å². The van der Waals surface area contributed by atoms with Gasteiger partial charge in [-0.05, 0) is 25.1 Å². The third-order valence-electron chi connectivity index (χ3n) is 2.32. The van der Waals surface area contributed by atoms with Crippen LogP contribution in [-0.4, -0.2) is 28.1 Å². The highest BCUT2D eigenvalue weighted by Crippen LogP contribution is 2.19. The van der Waals surface area contributed by atoms with Crippen LogP contribution in [0.3, 0.4) is 0 Å². The fourth-order valence-electron chi connectivity index (χ4n) is 1.36. The van der Waals surface area contributed by atoms with E-state index in [1.165, 1.54) is 11.8 Å². The molecule has 1 aromatic rings. The monoisotopic (exact) mass is 264 g/mol. The Bertz CT molecular complexity index is 457. The van der Waals surface area contributed by atoms with Gasteiger partial charge in [0.05, 0.1) is 23.5 Å². The van der Waals surface area contributed by atoms with E-state index >= 15 is 0 Å². The first-order valence-corrected chi connectivity index (χ1v) is 6.58. The summed E-state index contributed by atoms with van der Waals surface area (Å²) in [4.78, 5) is 11.9. The lowest BCUT2D eigenvalue weighted by Crippen LogP contribution is -2.25. The Morgan fingerprint density at radius 1 is 1.56 bits per heavy atom. The number of hydrogen-bond acceptors (Lipinski definition) is 4. The lowest BCUT2D eigenvalue weighted by atomic mass is 10.2. The Labute approximate surface area is 111 Å². The first-order chi connectivity index (χ1) is 8.56. The first-order valence-electron chi connectivity index (χ1n) is 5.64. The van der Waals surface area contributed by atoms with Gasteiger partial charge in [0, 0.05) is 10.9 Å². The van der Waals surface area contributed by atoms with Crippen LogP contribution in [0.25, 0.3) is 0 Å². The molecule has 0 saturated heterocycles. The number of anilines is 1. The number of benzene rings is 1. The van der Waals surface area contributed by atoms with Crippen molar-refractivity contribution in [3.63, 3.8) is 0 Å². The van der Waals surface area contributed by atoms with E-state index in [9.17, 15) is 4.79 Å². The van der Waals surface area contributed by atoms with Crippen LogP contribution in [-0.2, 0) is 4.79 Å². The molecule has 0 heterocycles. The van der Waals surface area contributed by atoms with E-state index in [1.54, 1.807) is 31.2 Å². The van der Waals surface area contributed by atoms with Gasteiger partial charge < -0.3 is 10.4 Å². The summed E-state index contributed by atoms with van der Waals surface area (Å²) >= 11 is 1.41. The van der Waals surface area contributed by atoms with E-state index in [4.69, 9.17) is 10.4 Å². The Kier molecular flexibility index (Phi) is 5.69. The van der Waals surface area contributed by atoms with Gasteiger partial charge in [0.25, 0.3) is 0 Å². The van der Waals surface area contributed by atoms with E-state index in [-0.39, 0.29) is 23.0 Å². The van der Waals surface area contributed by atoms with Gasteiger partial charge in [-0.25, -0.2) is 0 Å². The van der Waals surface area contributed by atoms with Gasteiger partial charge >= 0.3 is 0 Å². The van der Waals surface area contributed by atoms with Crippen molar-refractivity contribution >= 4 is 23.4 Å². The largest absolute Gasteiger partial charge is 0.395 e. The number of amides is 1. The molecule has 0 spiro atoms. The summed E-state index contributed by atoms with van der Waals surface area (Å²) in [6, 6.07) is 8.80. The van der Waals surface area contributed by atoms with Crippen LogP contribution in [0.1, 0.15) is 19.4 Å². The molecule has 18 heavy (non-hydrogen) atoms. The highest BCUT2D eigenvalue weighted by Gasteiger charge is 2.16. The molecule has 2 N–H and O–H groups in total. The molecule has 0 aromatic heterocycles. The highest BCUT2D eigenvalue weighted by molar-refractivity contribution is 8.01. The Morgan fingerprint density at radius 2 is 2.28 bits per heavy atom. The molecule has 0 aliphatic carbocycles. The van der Waals surface area contributed by atoms with Crippen LogP contribution in [0.4, 0.5) is 5.69 Å². The summed E-state index contributed by atoms with van der Waals surface area (Å²) in [7, 11) is 0. The van der Waals surface area contributed by atoms with Crippen molar-refractivity contribution in [3.8, 4) is 6.07 Å². The minimum absolute atomic E-state index is 0.0243. The molecule has 0 saturated carbocycles. The maximum atomic E-state index is 11.9. The van der Waals surface area contributed by atoms with Crippen molar-refractivity contribution in [1.82, 2.24) is 0 Å². The van der Waals surface area contributed by atoms with Crippen LogP contribution in [0.2, 0.25) is 0 Å². The predicted molar refractivity (Wildman–Crippen MR) is 73.4 cm³/mol. The van der Waals surface area contributed by atoms with E-state index in [0.717, 1.165) is 0 Å². The smallest absolute Gasteiger partial charge is 0.237 e. The number of nitriles is 1. The van der Waals surface area contributed by atoms with Crippen LogP contribution < -0.4 is 5.32 Å². The van der Waals surface area contributed by atoms with Crippen LogP contribution in [0.5, 0.6) is 0 Å². The molecule has 1 rings (SSSR count). The summed E-state index contributed by atoms with van der Waals surface area (Å²) < 4.78 is 0. The SMILES string of the molecule is CC(CO)SC(C)C(=O)Nc1cccc(C#N)c1. The first kappa shape index (κ1) is 14.6. The third-order valence-corrected chi connectivity index (χ3v) is 3.56. The number of aliphatic hydroxyl groups is 1. The van der Waals surface area contributed by atoms with Crippen molar-refractivity contribution < 1.29 is 9.90 Å². The second-order valence-corrected chi connectivity index (χ2v) is 5.74. The lowest BCUT2D eigenvalue weighted by molar-refractivity contribution is -0.115. The van der Waals surface area contributed by atoms with Crippen LogP contribution >= 0.6 is 11.8 Å². The summed E-state index contributed by atoms with van der Waals surface area (Å²) in [6.45, 7) is 3.71. The van der Waals surface area contributed by atoms with Gasteiger partial charge in [-0.2, -0.15) is 5.26 Å². The number of thioether (sulfide) groups is 1. The topological polar surface area (TPSA) is 73.1 Å². The average Bonchev–Trinajstić information content (AvgIpc) is 2.38. The van der Waals surface area contributed by atoms with Gasteiger partial charge in [0.15, 0.2) is 0 Å². The van der Waals surface area contributed by atoms with Crippen molar-refractivity contribution in [1.29, 1.82) is 5.26 Å². The maximum absolute atomic E-state index is 11.9. The van der Waals surface area contributed by atoms with E-state index < -0.39 is 0 Å². The summed E-state index contributed by atoms with van der Waals surface area (Å²) in [5, 5.41) is 20.2. The van der Waals surface area contributed by atoms with E-state index in [2.05, 4.69) is 5.32 Å². The van der Waals surface area contributed by atoms with Gasteiger partial charge in [-0.3, -0.25) is 4.79 Å². The van der Waals surface area contributed by atoms with Gasteiger partial charge in [-0.1, -0.05) is 13.0 Å². The molecule has 0 bridgehead atoms. The van der Waals surface area contributed by atoms with Gasteiger partial charge in [-0.15, -0.1) is 11.8 Å².